The van der Waals surface area contributed by atoms with E-state index in [-0.39, 0.29) is 17.9 Å². The van der Waals surface area contributed by atoms with Gasteiger partial charge < -0.3 is 19.9 Å². The van der Waals surface area contributed by atoms with Gasteiger partial charge in [0.05, 0.1) is 29.0 Å². The van der Waals surface area contributed by atoms with E-state index in [9.17, 15) is 15.5 Å². The van der Waals surface area contributed by atoms with Crippen molar-refractivity contribution in [1.82, 2.24) is 14.9 Å². The lowest BCUT2D eigenvalue weighted by atomic mass is 10.0. The summed E-state index contributed by atoms with van der Waals surface area (Å²) >= 11 is 0. The standard InChI is InChI=1S/C21H23N5O3/c1-3-26-10-14(8-15(27)11-26)23-21-25-20-18(29-21)5-4-16(24-20)19-13(9-22)6-12(2)7-17(19)28/h4-7,14-15,27-28H,3,8,10-11H2,1-2H3,(H,23,24,25)/t14-,15+/m1/s1. The van der Waals surface area contributed by atoms with Crippen LogP contribution in [-0.2, 0) is 0 Å². The Hall–Kier alpha value is -3.15. The van der Waals surface area contributed by atoms with Gasteiger partial charge in [-0.3, -0.25) is 4.90 Å². The Morgan fingerprint density at radius 2 is 2.14 bits per heavy atom. The summed E-state index contributed by atoms with van der Waals surface area (Å²) in [5, 5.41) is 33.1. The number of phenolic OH excluding ortho intramolecular Hbond substituents is 1. The molecule has 0 radical (unpaired) electrons. The number of pyridine rings is 1. The number of aromatic nitrogens is 2. The minimum atomic E-state index is -0.385. The van der Waals surface area contributed by atoms with E-state index in [1.807, 2.05) is 6.92 Å². The first-order valence-electron chi connectivity index (χ1n) is 9.65. The number of piperidine rings is 1. The summed E-state index contributed by atoms with van der Waals surface area (Å²) in [5.41, 5.74) is 2.88. The van der Waals surface area contributed by atoms with Gasteiger partial charge in [-0.1, -0.05) is 6.92 Å². The summed E-state index contributed by atoms with van der Waals surface area (Å²) in [6.07, 6.45) is 0.237. The molecule has 8 heteroatoms. The lowest BCUT2D eigenvalue weighted by Crippen LogP contribution is -2.48. The number of benzene rings is 1. The zero-order chi connectivity index (χ0) is 20.5. The quantitative estimate of drug-likeness (QED) is 0.619. The van der Waals surface area contributed by atoms with Crippen molar-refractivity contribution in [1.29, 1.82) is 5.26 Å². The van der Waals surface area contributed by atoms with Gasteiger partial charge in [0.2, 0.25) is 5.65 Å². The molecule has 2 aromatic heterocycles. The zero-order valence-corrected chi connectivity index (χ0v) is 16.4. The van der Waals surface area contributed by atoms with Crippen LogP contribution in [0.4, 0.5) is 6.01 Å². The molecule has 2 atom stereocenters. The number of phenols is 1. The molecular formula is C21H23N5O3. The number of oxazole rings is 1. The second-order valence-corrected chi connectivity index (χ2v) is 7.44. The fourth-order valence-corrected chi connectivity index (χ4v) is 3.84. The predicted octanol–water partition coefficient (Wildman–Crippen LogP) is 2.64. The van der Waals surface area contributed by atoms with Crippen LogP contribution in [0.15, 0.2) is 28.7 Å². The molecule has 0 bridgehead atoms. The number of aliphatic hydroxyl groups excluding tert-OH is 1. The molecule has 0 unspecified atom stereocenters. The average Bonchev–Trinajstić information content (AvgIpc) is 3.08. The van der Waals surface area contributed by atoms with Gasteiger partial charge in [0.15, 0.2) is 5.58 Å². The van der Waals surface area contributed by atoms with Crippen LogP contribution < -0.4 is 5.32 Å². The summed E-state index contributed by atoms with van der Waals surface area (Å²) in [4.78, 5) is 11.1. The highest BCUT2D eigenvalue weighted by Gasteiger charge is 2.26. The molecule has 29 heavy (non-hydrogen) atoms. The minimum Gasteiger partial charge on any atom is -0.507 e. The highest BCUT2D eigenvalue weighted by Crippen LogP contribution is 2.33. The normalized spacial score (nSPS) is 19.9. The van der Waals surface area contributed by atoms with Crippen LogP contribution in [0.25, 0.3) is 22.5 Å². The van der Waals surface area contributed by atoms with Gasteiger partial charge in [-0.05, 0) is 49.7 Å². The highest BCUT2D eigenvalue weighted by atomic mass is 16.4. The molecule has 1 aliphatic heterocycles. The number of hydrogen-bond acceptors (Lipinski definition) is 8. The molecule has 1 aliphatic rings. The Labute approximate surface area is 168 Å². The number of aryl methyl sites for hydroxylation is 1. The number of nitrogens with zero attached hydrogens (tertiary/aromatic N) is 4. The number of rotatable bonds is 4. The Kier molecular flexibility index (Phi) is 5.09. The number of hydrogen-bond donors (Lipinski definition) is 3. The number of nitriles is 1. The van der Waals surface area contributed by atoms with Crippen LogP contribution >= 0.6 is 0 Å². The Morgan fingerprint density at radius 1 is 1.31 bits per heavy atom. The largest absolute Gasteiger partial charge is 0.507 e. The molecule has 4 rings (SSSR count). The molecule has 0 spiro atoms. The molecule has 150 valence electrons. The number of aliphatic hydroxyl groups is 1. The molecule has 0 amide bonds. The van der Waals surface area contributed by atoms with Crippen molar-refractivity contribution in [2.45, 2.75) is 32.4 Å². The topological polar surface area (TPSA) is 118 Å². The Bertz CT molecular complexity index is 1090. The molecule has 1 fully saturated rings. The maximum atomic E-state index is 10.3. The van der Waals surface area contributed by atoms with Crippen LogP contribution in [-0.4, -0.2) is 56.9 Å². The van der Waals surface area contributed by atoms with E-state index in [0.29, 0.717) is 47.0 Å². The van der Waals surface area contributed by atoms with E-state index in [1.54, 1.807) is 24.3 Å². The molecule has 8 nitrogen and oxygen atoms in total. The number of fused-ring (bicyclic) bond motifs is 1. The van der Waals surface area contributed by atoms with E-state index in [4.69, 9.17) is 4.42 Å². The van der Waals surface area contributed by atoms with Crippen molar-refractivity contribution in [3.8, 4) is 23.1 Å². The molecule has 1 aromatic carbocycles. The highest BCUT2D eigenvalue weighted by molar-refractivity contribution is 5.80. The number of nitrogens with one attached hydrogen (secondary N) is 1. The van der Waals surface area contributed by atoms with E-state index < -0.39 is 0 Å². The number of likely N-dealkylation sites (N-methyl/N-ethyl adjacent to an activating group) is 1. The molecule has 0 saturated carbocycles. The van der Waals surface area contributed by atoms with Gasteiger partial charge in [0.1, 0.15) is 5.75 Å². The van der Waals surface area contributed by atoms with Gasteiger partial charge in [0.25, 0.3) is 6.01 Å². The first-order chi connectivity index (χ1) is 14.0. The van der Waals surface area contributed by atoms with E-state index >= 15 is 0 Å². The molecular weight excluding hydrogens is 370 g/mol. The van der Waals surface area contributed by atoms with Crippen LogP contribution in [0, 0.1) is 18.3 Å². The van der Waals surface area contributed by atoms with Crippen molar-refractivity contribution < 1.29 is 14.6 Å². The van der Waals surface area contributed by atoms with Crippen molar-refractivity contribution in [2.75, 3.05) is 25.0 Å². The SMILES string of the molecule is CCN1C[C@@H](O)C[C@@H](Nc2nc3nc(-c4c(O)cc(C)cc4C#N)ccc3o2)C1. The van der Waals surface area contributed by atoms with E-state index in [2.05, 4.69) is 33.2 Å². The third-order valence-electron chi connectivity index (χ3n) is 5.17. The fraction of sp³-hybridized carbons (Fsp3) is 0.381. The van der Waals surface area contributed by atoms with Crippen LogP contribution in [0.5, 0.6) is 5.75 Å². The summed E-state index contributed by atoms with van der Waals surface area (Å²) in [6, 6.07) is 9.22. The predicted molar refractivity (Wildman–Crippen MR) is 109 cm³/mol. The smallest absolute Gasteiger partial charge is 0.297 e. The van der Waals surface area contributed by atoms with Gasteiger partial charge in [-0.15, -0.1) is 0 Å². The molecule has 3 N–H and O–H groups in total. The van der Waals surface area contributed by atoms with Crippen molar-refractivity contribution in [3.05, 3.63) is 35.4 Å². The average molecular weight is 393 g/mol. The van der Waals surface area contributed by atoms with E-state index in [1.165, 1.54) is 0 Å². The second-order valence-electron chi connectivity index (χ2n) is 7.44. The lowest BCUT2D eigenvalue weighted by Gasteiger charge is -2.34. The Balaban J connectivity index is 1.63. The summed E-state index contributed by atoms with van der Waals surface area (Å²) in [7, 11) is 0. The van der Waals surface area contributed by atoms with Gasteiger partial charge >= 0.3 is 0 Å². The summed E-state index contributed by atoms with van der Waals surface area (Å²) < 4.78 is 5.76. The Morgan fingerprint density at radius 3 is 2.90 bits per heavy atom. The monoisotopic (exact) mass is 393 g/mol. The van der Waals surface area contributed by atoms with E-state index in [0.717, 1.165) is 18.7 Å². The molecule has 3 heterocycles. The van der Waals surface area contributed by atoms with Gasteiger partial charge in [-0.25, -0.2) is 4.98 Å². The van der Waals surface area contributed by atoms with Crippen LogP contribution in [0.1, 0.15) is 24.5 Å². The minimum absolute atomic E-state index is 0.00564. The lowest BCUT2D eigenvalue weighted by molar-refractivity contribution is 0.0667. The van der Waals surface area contributed by atoms with Gasteiger partial charge in [0, 0.05) is 19.1 Å². The number of anilines is 1. The number of likely N-dealkylation sites (tertiary alicyclic amines) is 1. The van der Waals surface area contributed by atoms with Crippen molar-refractivity contribution in [3.63, 3.8) is 0 Å². The van der Waals surface area contributed by atoms with Crippen LogP contribution in [0.3, 0.4) is 0 Å². The summed E-state index contributed by atoms with van der Waals surface area (Å²) in [5.74, 6) is 0.00564. The zero-order valence-electron chi connectivity index (χ0n) is 16.4. The molecule has 1 saturated heterocycles. The third-order valence-corrected chi connectivity index (χ3v) is 5.17. The number of β-amino-alcohol motifs (C(OH)–C–C–N with tert-alkyl or cyclic N) is 1. The maximum absolute atomic E-state index is 10.3. The second kappa shape index (κ2) is 7.70. The van der Waals surface area contributed by atoms with Crippen molar-refractivity contribution >= 4 is 17.2 Å². The van der Waals surface area contributed by atoms with Gasteiger partial charge in [-0.2, -0.15) is 10.2 Å². The molecule has 0 aliphatic carbocycles. The third kappa shape index (κ3) is 3.88. The van der Waals surface area contributed by atoms with Crippen molar-refractivity contribution in [2.24, 2.45) is 0 Å². The fourth-order valence-electron chi connectivity index (χ4n) is 3.84. The maximum Gasteiger partial charge on any atom is 0.297 e. The molecule has 3 aromatic rings. The van der Waals surface area contributed by atoms with Crippen LogP contribution in [0.2, 0.25) is 0 Å². The first-order valence-corrected chi connectivity index (χ1v) is 9.65. The first kappa shape index (κ1) is 19.2. The summed E-state index contributed by atoms with van der Waals surface area (Å²) in [6.45, 7) is 6.23. The number of aromatic hydroxyl groups is 1.